The van der Waals surface area contributed by atoms with Crippen LogP contribution in [0.4, 0.5) is 14.5 Å². The Labute approximate surface area is 113 Å². The van der Waals surface area contributed by atoms with Crippen molar-refractivity contribution < 1.29 is 8.78 Å². The number of hydrogen-bond acceptors (Lipinski definition) is 3. The molecule has 1 aromatic rings. The average molecular weight is 269 g/mol. The number of nitrogens with zero attached hydrogens (tertiary/aromatic N) is 2. The molecular weight excluding hydrogens is 248 g/mol. The molecule has 1 aliphatic heterocycles. The molecule has 1 aliphatic rings. The predicted molar refractivity (Wildman–Crippen MR) is 73.2 cm³/mol. The lowest BCUT2D eigenvalue weighted by Crippen LogP contribution is -2.32. The summed E-state index contributed by atoms with van der Waals surface area (Å²) >= 11 is 0. The average Bonchev–Trinajstić information content (AvgIpc) is 2.92. The van der Waals surface area contributed by atoms with E-state index in [-0.39, 0.29) is 12.1 Å². The van der Waals surface area contributed by atoms with Gasteiger partial charge >= 0.3 is 0 Å². The molecule has 5 heteroatoms. The van der Waals surface area contributed by atoms with E-state index in [0.717, 1.165) is 19.6 Å². The summed E-state index contributed by atoms with van der Waals surface area (Å²) in [6.07, 6.45) is 2.47. The van der Waals surface area contributed by atoms with E-state index in [1.807, 2.05) is 0 Å². The second-order valence-electron chi connectivity index (χ2n) is 5.05. The molecule has 19 heavy (non-hydrogen) atoms. The highest BCUT2D eigenvalue weighted by Crippen LogP contribution is 2.23. The van der Waals surface area contributed by atoms with Crippen LogP contribution in [-0.4, -0.2) is 38.1 Å². The highest BCUT2D eigenvalue weighted by atomic mass is 19.2. The van der Waals surface area contributed by atoms with Gasteiger partial charge in [-0.3, -0.25) is 0 Å². The van der Waals surface area contributed by atoms with Gasteiger partial charge in [-0.25, -0.2) is 8.78 Å². The van der Waals surface area contributed by atoms with Crippen LogP contribution in [0.15, 0.2) is 12.1 Å². The van der Waals surface area contributed by atoms with E-state index in [1.54, 1.807) is 24.1 Å². The van der Waals surface area contributed by atoms with Crippen molar-refractivity contribution in [3.8, 4) is 0 Å². The number of nitrogens with two attached hydrogens (primary N) is 1. The van der Waals surface area contributed by atoms with Gasteiger partial charge in [0.15, 0.2) is 11.6 Å². The highest BCUT2D eigenvalue weighted by molar-refractivity contribution is 5.49. The zero-order valence-electron chi connectivity index (χ0n) is 11.3. The maximum absolute atomic E-state index is 13.9. The molecule has 0 aliphatic carbocycles. The number of likely N-dealkylation sites (tertiary alicyclic amines) is 1. The number of hydrogen-bond donors (Lipinski definition) is 1. The van der Waals surface area contributed by atoms with Gasteiger partial charge in [0.05, 0.1) is 5.69 Å². The van der Waals surface area contributed by atoms with Gasteiger partial charge in [0.25, 0.3) is 0 Å². The minimum absolute atomic E-state index is 0.0144. The summed E-state index contributed by atoms with van der Waals surface area (Å²) in [5.41, 5.74) is 5.88. The summed E-state index contributed by atoms with van der Waals surface area (Å²) in [5.74, 6) is -1.63. The quantitative estimate of drug-likeness (QED) is 0.887. The van der Waals surface area contributed by atoms with Crippen molar-refractivity contribution in [3.63, 3.8) is 0 Å². The van der Waals surface area contributed by atoms with Crippen LogP contribution in [0.25, 0.3) is 0 Å². The third-order valence-corrected chi connectivity index (χ3v) is 3.72. The first-order chi connectivity index (χ1) is 9.13. The highest BCUT2D eigenvalue weighted by Gasteiger charge is 2.17. The maximum Gasteiger partial charge on any atom is 0.182 e. The normalized spacial score (nSPS) is 16.0. The van der Waals surface area contributed by atoms with Crippen LogP contribution < -0.4 is 10.6 Å². The van der Waals surface area contributed by atoms with Crippen molar-refractivity contribution in [2.45, 2.75) is 19.4 Å². The van der Waals surface area contributed by atoms with Gasteiger partial charge in [-0.05, 0) is 32.0 Å². The standard InChI is InChI=1S/C14H21F2N3/c1-18(8-9-19-6-2-3-7-19)12-5-4-11(10-17)13(15)14(12)16/h4-5H,2-3,6-10,17H2,1H3. The molecule has 1 fully saturated rings. The van der Waals surface area contributed by atoms with E-state index in [0.29, 0.717) is 12.2 Å². The number of benzene rings is 1. The molecule has 0 atom stereocenters. The summed E-state index contributed by atoms with van der Waals surface area (Å²) in [6, 6.07) is 3.16. The number of rotatable bonds is 5. The fourth-order valence-electron chi connectivity index (χ4n) is 2.45. The molecule has 0 saturated carbocycles. The van der Waals surface area contributed by atoms with E-state index in [9.17, 15) is 8.78 Å². The second-order valence-corrected chi connectivity index (χ2v) is 5.05. The first-order valence-corrected chi connectivity index (χ1v) is 6.74. The van der Waals surface area contributed by atoms with Crippen LogP contribution in [-0.2, 0) is 6.54 Å². The third kappa shape index (κ3) is 3.22. The van der Waals surface area contributed by atoms with Crippen LogP contribution >= 0.6 is 0 Å². The van der Waals surface area contributed by atoms with Crippen LogP contribution in [0, 0.1) is 11.6 Å². The molecule has 3 nitrogen and oxygen atoms in total. The molecule has 1 saturated heterocycles. The van der Waals surface area contributed by atoms with Gasteiger partial charge in [0.2, 0.25) is 0 Å². The van der Waals surface area contributed by atoms with Crippen molar-refractivity contribution in [2.75, 3.05) is 38.1 Å². The molecule has 0 bridgehead atoms. The van der Waals surface area contributed by atoms with Crippen molar-refractivity contribution in [2.24, 2.45) is 5.73 Å². The van der Waals surface area contributed by atoms with E-state index in [2.05, 4.69) is 4.90 Å². The molecule has 0 spiro atoms. The lowest BCUT2D eigenvalue weighted by molar-refractivity contribution is 0.346. The van der Waals surface area contributed by atoms with E-state index >= 15 is 0 Å². The minimum atomic E-state index is -0.826. The van der Waals surface area contributed by atoms with Crippen molar-refractivity contribution in [1.29, 1.82) is 0 Å². The predicted octanol–water partition coefficient (Wildman–Crippen LogP) is 1.96. The molecule has 1 aromatic carbocycles. The van der Waals surface area contributed by atoms with Gasteiger partial charge in [0.1, 0.15) is 0 Å². The molecule has 2 rings (SSSR count). The van der Waals surface area contributed by atoms with Gasteiger partial charge in [0, 0.05) is 32.2 Å². The molecule has 1 heterocycles. The van der Waals surface area contributed by atoms with Gasteiger partial charge in [-0.1, -0.05) is 6.07 Å². The largest absolute Gasteiger partial charge is 0.371 e. The smallest absolute Gasteiger partial charge is 0.182 e. The molecule has 2 N–H and O–H groups in total. The Hall–Kier alpha value is -1.20. The Morgan fingerprint density at radius 3 is 2.53 bits per heavy atom. The van der Waals surface area contributed by atoms with Crippen LogP contribution in [0.2, 0.25) is 0 Å². The SMILES string of the molecule is CN(CCN1CCCC1)c1ccc(CN)c(F)c1F. The fourth-order valence-corrected chi connectivity index (χ4v) is 2.45. The Morgan fingerprint density at radius 1 is 1.21 bits per heavy atom. The lowest BCUT2D eigenvalue weighted by Gasteiger charge is -2.24. The minimum Gasteiger partial charge on any atom is -0.371 e. The van der Waals surface area contributed by atoms with Crippen molar-refractivity contribution in [3.05, 3.63) is 29.3 Å². The molecule has 0 unspecified atom stereocenters. The van der Waals surface area contributed by atoms with Crippen LogP contribution in [0.5, 0.6) is 0 Å². The number of likely N-dealkylation sites (N-methyl/N-ethyl adjacent to an activating group) is 1. The Morgan fingerprint density at radius 2 is 1.89 bits per heavy atom. The first kappa shape index (κ1) is 14.2. The van der Waals surface area contributed by atoms with Crippen molar-refractivity contribution in [1.82, 2.24) is 4.90 Å². The zero-order valence-corrected chi connectivity index (χ0v) is 11.3. The molecular formula is C14H21F2N3. The summed E-state index contributed by atoms with van der Waals surface area (Å²) in [6.45, 7) is 3.81. The monoisotopic (exact) mass is 269 g/mol. The first-order valence-electron chi connectivity index (χ1n) is 6.74. The Balaban J connectivity index is 2.01. The van der Waals surface area contributed by atoms with E-state index in [4.69, 9.17) is 5.73 Å². The molecule has 0 radical (unpaired) electrons. The van der Waals surface area contributed by atoms with Gasteiger partial charge in [-0.2, -0.15) is 0 Å². The van der Waals surface area contributed by atoms with Gasteiger partial charge < -0.3 is 15.5 Å². The van der Waals surface area contributed by atoms with E-state index < -0.39 is 11.6 Å². The topological polar surface area (TPSA) is 32.5 Å². The summed E-state index contributed by atoms with van der Waals surface area (Å²) in [5, 5.41) is 0. The number of halogens is 2. The second kappa shape index (κ2) is 6.30. The zero-order chi connectivity index (χ0) is 13.8. The molecule has 0 amide bonds. The summed E-state index contributed by atoms with van der Waals surface area (Å²) in [4.78, 5) is 4.11. The maximum atomic E-state index is 13.9. The Kier molecular flexibility index (Phi) is 4.71. The Bertz CT molecular complexity index is 431. The van der Waals surface area contributed by atoms with Crippen LogP contribution in [0.1, 0.15) is 18.4 Å². The third-order valence-electron chi connectivity index (χ3n) is 3.72. The van der Waals surface area contributed by atoms with Gasteiger partial charge in [-0.15, -0.1) is 0 Å². The summed E-state index contributed by atoms with van der Waals surface area (Å²) < 4.78 is 27.6. The lowest BCUT2D eigenvalue weighted by atomic mass is 10.1. The van der Waals surface area contributed by atoms with Crippen molar-refractivity contribution >= 4 is 5.69 Å². The van der Waals surface area contributed by atoms with Crippen LogP contribution in [0.3, 0.4) is 0 Å². The molecule has 0 aromatic heterocycles. The fraction of sp³-hybridized carbons (Fsp3) is 0.571. The number of anilines is 1. The van der Waals surface area contributed by atoms with E-state index in [1.165, 1.54) is 12.8 Å². The summed E-state index contributed by atoms with van der Waals surface area (Å²) in [7, 11) is 1.79. The molecule has 106 valence electrons.